The molecular formula is C14H14F3N5O. The van der Waals surface area contributed by atoms with Gasteiger partial charge in [-0.1, -0.05) is 0 Å². The number of alkyl halides is 3. The highest BCUT2D eigenvalue weighted by molar-refractivity contribution is 5.93. The number of rotatable bonds is 2. The quantitative estimate of drug-likeness (QED) is 0.914. The average molecular weight is 325 g/mol. The van der Waals surface area contributed by atoms with Crippen LogP contribution in [-0.2, 0) is 6.18 Å². The molecule has 0 bridgehead atoms. The fraction of sp³-hybridized carbons (Fsp3) is 0.357. The van der Waals surface area contributed by atoms with E-state index in [1.165, 1.54) is 18.5 Å². The van der Waals surface area contributed by atoms with Crippen molar-refractivity contribution in [2.75, 3.05) is 31.1 Å². The molecule has 1 aliphatic rings. The molecule has 9 heteroatoms. The highest BCUT2D eigenvalue weighted by Crippen LogP contribution is 2.29. The molecule has 0 unspecified atom stereocenters. The van der Waals surface area contributed by atoms with Crippen molar-refractivity contribution in [1.82, 2.24) is 20.1 Å². The van der Waals surface area contributed by atoms with Crippen LogP contribution in [0.5, 0.6) is 0 Å². The number of halogens is 3. The van der Waals surface area contributed by atoms with Gasteiger partial charge in [0.05, 0.1) is 17.3 Å². The largest absolute Gasteiger partial charge is 0.417 e. The van der Waals surface area contributed by atoms with Crippen LogP contribution in [0.2, 0.25) is 0 Å². The summed E-state index contributed by atoms with van der Waals surface area (Å²) in [4.78, 5) is 19.6. The minimum absolute atomic E-state index is 0.112. The maximum absolute atomic E-state index is 12.5. The van der Waals surface area contributed by atoms with Crippen LogP contribution in [0, 0.1) is 0 Å². The fourth-order valence-corrected chi connectivity index (χ4v) is 2.43. The molecule has 0 aliphatic carbocycles. The number of carbonyl (C=O) groups excluding carboxylic acids is 1. The number of piperazine rings is 1. The lowest BCUT2D eigenvalue weighted by molar-refractivity contribution is -0.137. The van der Waals surface area contributed by atoms with Crippen LogP contribution in [0.3, 0.4) is 0 Å². The van der Waals surface area contributed by atoms with Gasteiger partial charge in [-0.2, -0.15) is 18.3 Å². The Kier molecular flexibility index (Phi) is 3.93. The van der Waals surface area contributed by atoms with Gasteiger partial charge >= 0.3 is 6.18 Å². The number of hydrogen-bond donors (Lipinski definition) is 1. The lowest BCUT2D eigenvalue weighted by Crippen LogP contribution is -2.49. The average Bonchev–Trinajstić information content (AvgIpc) is 3.08. The smallest absolute Gasteiger partial charge is 0.353 e. The minimum atomic E-state index is -4.39. The van der Waals surface area contributed by atoms with Crippen molar-refractivity contribution in [3.05, 3.63) is 41.9 Å². The number of nitrogens with zero attached hydrogens (tertiary/aromatic N) is 4. The van der Waals surface area contributed by atoms with Gasteiger partial charge in [-0.05, 0) is 12.1 Å². The second-order valence-electron chi connectivity index (χ2n) is 5.17. The van der Waals surface area contributed by atoms with Crippen molar-refractivity contribution in [3.63, 3.8) is 0 Å². The molecule has 1 N–H and O–H groups in total. The highest BCUT2D eigenvalue weighted by atomic mass is 19.4. The van der Waals surface area contributed by atoms with Crippen LogP contribution >= 0.6 is 0 Å². The lowest BCUT2D eigenvalue weighted by Gasteiger charge is -2.35. The molecule has 2 aromatic rings. The number of pyridine rings is 1. The van der Waals surface area contributed by atoms with E-state index in [0.717, 1.165) is 12.3 Å². The molecule has 3 heterocycles. The molecule has 0 atom stereocenters. The summed E-state index contributed by atoms with van der Waals surface area (Å²) < 4.78 is 37.6. The van der Waals surface area contributed by atoms with Gasteiger partial charge in [0.25, 0.3) is 5.91 Å². The summed E-state index contributed by atoms with van der Waals surface area (Å²) in [7, 11) is 0. The summed E-state index contributed by atoms with van der Waals surface area (Å²) in [6.45, 7) is 1.99. The first-order chi connectivity index (χ1) is 10.9. The summed E-state index contributed by atoms with van der Waals surface area (Å²) in [6, 6.07) is 2.38. The number of aromatic nitrogens is 3. The van der Waals surface area contributed by atoms with Gasteiger partial charge in [0.1, 0.15) is 5.82 Å². The number of H-pyrrole nitrogens is 1. The normalized spacial score (nSPS) is 15.8. The van der Waals surface area contributed by atoms with Crippen molar-refractivity contribution in [1.29, 1.82) is 0 Å². The number of anilines is 1. The summed E-state index contributed by atoms with van der Waals surface area (Å²) >= 11 is 0. The molecule has 3 rings (SSSR count). The SMILES string of the molecule is O=C(c1cn[nH]c1)N1CCN(c2ccc(C(F)(F)F)cn2)CC1. The van der Waals surface area contributed by atoms with E-state index >= 15 is 0 Å². The Balaban J connectivity index is 1.62. The topological polar surface area (TPSA) is 65.1 Å². The van der Waals surface area contributed by atoms with Crippen LogP contribution in [0.4, 0.5) is 19.0 Å². The zero-order valence-corrected chi connectivity index (χ0v) is 12.0. The number of aromatic amines is 1. The van der Waals surface area contributed by atoms with Crippen molar-refractivity contribution in [3.8, 4) is 0 Å². The maximum atomic E-state index is 12.5. The zero-order chi connectivity index (χ0) is 16.4. The van der Waals surface area contributed by atoms with Crippen molar-refractivity contribution < 1.29 is 18.0 Å². The van der Waals surface area contributed by atoms with E-state index in [-0.39, 0.29) is 5.91 Å². The van der Waals surface area contributed by atoms with E-state index in [1.54, 1.807) is 4.90 Å². The third-order valence-corrected chi connectivity index (χ3v) is 3.71. The number of carbonyl (C=O) groups is 1. The van der Waals surface area contributed by atoms with Crippen LogP contribution < -0.4 is 4.90 Å². The number of amides is 1. The number of nitrogens with one attached hydrogen (secondary N) is 1. The third-order valence-electron chi connectivity index (χ3n) is 3.71. The summed E-state index contributed by atoms with van der Waals surface area (Å²) in [5, 5.41) is 6.34. The molecule has 2 aromatic heterocycles. The Labute approximate surface area is 129 Å². The molecule has 122 valence electrons. The van der Waals surface area contributed by atoms with Gasteiger partial charge in [-0.3, -0.25) is 9.89 Å². The Morgan fingerprint density at radius 3 is 2.39 bits per heavy atom. The van der Waals surface area contributed by atoms with E-state index in [4.69, 9.17) is 0 Å². The zero-order valence-electron chi connectivity index (χ0n) is 12.0. The summed E-state index contributed by atoms with van der Waals surface area (Å²) in [5.41, 5.74) is -0.277. The minimum Gasteiger partial charge on any atom is -0.353 e. The Hall–Kier alpha value is -2.58. The Morgan fingerprint density at radius 1 is 1.13 bits per heavy atom. The van der Waals surface area contributed by atoms with Crippen LogP contribution in [0.1, 0.15) is 15.9 Å². The predicted octanol–water partition coefficient (Wildman–Crippen LogP) is 1.79. The molecule has 0 spiro atoms. The molecule has 1 amide bonds. The molecule has 0 radical (unpaired) electrons. The molecular weight excluding hydrogens is 311 g/mol. The first-order valence-electron chi connectivity index (χ1n) is 7.01. The first kappa shape index (κ1) is 15.3. The predicted molar refractivity (Wildman–Crippen MR) is 75.9 cm³/mol. The van der Waals surface area contributed by atoms with E-state index in [9.17, 15) is 18.0 Å². The van der Waals surface area contributed by atoms with Crippen molar-refractivity contribution >= 4 is 11.7 Å². The van der Waals surface area contributed by atoms with Crippen LogP contribution in [-0.4, -0.2) is 52.2 Å². The van der Waals surface area contributed by atoms with E-state index in [2.05, 4.69) is 15.2 Å². The molecule has 1 aliphatic heterocycles. The maximum Gasteiger partial charge on any atom is 0.417 e. The lowest BCUT2D eigenvalue weighted by atomic mass is 10.2. The van der Waals surface area contributed by atoms with E-state index in [0.29, 0.717) is 37.6 Å². The monoisotopic (exact) mass is 325 g/mol. The second-order valence-corrected chi connectivity index (χ2v) is 5.17. The van der Waals surface area contributed by atoms with Crippen LogP contribution in [0.15, 0.2) is 30.7 Å². The van der Waals surface area contributed by atoms with Gasteiger partial charge < -0.3 is 9.80 Å². The molecule has 0 saturated carbocycles. The first-order valence-corrected chi connectivity index (χ1v) is 7.01. The Morgan fingerprint density at radius 2 is 1.87 bits per heavy atom. The summed E-state index contributed by atoms with van der Waals surface area (Å²) in [5.74, 6) is 0.368. The molecule has 1 saturated heterocycles. The highest BCUT2D eigenvalue weighted by Gasteiger charge is 2.31. The van der Waals surface area contributed by atoms with Gasteiger partial charge in [-0.15, -0.1) is 0 Å². The van der Waals surface area contributed by atoms with Gasteiger partial charge in [0.15, 0.2) is 0 Å². The number of hydrogen-bond acceptors (Lipinski definition) is 4. The van der Waals surface area contributed by atoms with Gasteiger partial charge in [0.2, 0.25) is 0 Å². The van der Waals surface area contributed by atoms with Gasteiger partial charge in [-0.25, -0.2) is 4.98 Å². The third kappa shape index (κ3) is 3.27. The van der Waals surface area contributed by atoms with Crippen molar-refractivity contribution in [2.45, 2.75) is 6.18 Å². The molecule has 6 nitrogen and oxygen atoms in total. The van der Waals surface area contributed by atoms with Crippen molar-refractivity contribution in [2.24, 2.45) is 0 Å². The van der Waals surface area contributed by atoms with E-state index in [1.807, 2.05) is 4.90 Å². The standard InChI is InChI=1S/C14H14F3N5O/c15-14(16,17)11-1-2-12(18-9-11)21-3-5-22(6-4-21)13(23)10-7-19-20-8-10/h1-2,7-9H,3-6H2,(H,19,20). The molecule has 0 aromatic carbocycles. The second kappa shape index (κ2) is 5.90. The molecule has 23 heavy (non-hydrogen) atoms. The van der Waals surface area contributed by atoms with E-state index < -0.39 is 11.7 Å². The molecule has 1 fully saturated rings. The summed E-state index contributed by atoms with van der Waals surface area (Å²) in [6.07, 6.45) is -0.558. The Bertz CT molecular complexity index is 661. The van der Waals surface area contributed by atoms with Gasteiger partial charge in [0, 0.05) is 38.6 Å². The fourth-order valence-electron chi connectivity index (χ4n) is 2.43. The van der Waals surface area contributed by atoms with Crippen LogP contribution in [0.25, 0.3) is 0 Å².